The van der Waals surface area contributed by atoms with Gasteiger partial charge in [-0.1, -0.05) is 19.1 Å². The van der Waals surface area contributed by atoms with E-state index < -0.39 is 0 Å². The summed E-state index contributed by atoms with van der Waals surface area (Å²) in [7, 11) is 0. The fourth-order valence-corrected chi connectivity index (χ4v) is 2.32. The first kappa shape index (κ1) is 13.4. The van der Waals surface area contributed by atoms with Crippen LogP contribution in [0.1, 0.15) is 51.5 Å². The summed E-state index contributed by atoms with van der Waals surface area (Å²) in [5.41, 5.74) is 1.33. The summed E-state index contributed by atoms with van der Waals surface area (Å²) in [6.07, 6.45) is 6.70. The monoisotopic (exact) mass is 247 g/mol. The van der Waals surface area contributed by atoms with Gasteiger partial charge in [0, 0.05) is 12.6 Å². The number of hydrogen-bond acceptors (Lipinski definition) is 2. The molecular weight excluding hydrogens is 222 g/mol. The molecule has 0 aromatic heterocycles. The average molecular weight is 247 g/mol. The normalized spacial score (nSPS) is 17.9. The fourth-order valence-electron chi connectivity index (χ4n) is 2.32. The molecule has 1 atom stereocenters. The smallest absolute Gasteiger partial charge is 0.119 e. The summed E-state index contributed by atoms with van der Waals surface area (Å²) in [5, 5.41) is 3.50. The van der Waals surface area contributed by atoms with Gasteiger partial charge in [0.15, 0.2) is 0 Å². The van der Waals surface area contributed by atoms with Crippen LogP contribution in [0.3, 0.4) is 0 Å². The van der Waals surface area contributed by atoms with Crippen LogP contribution < -0.4 is 10.1 Å². The molecule has 2 heteroatoms. The Morgan fingerprint density at radius 3 is 2.50 bits per heavy atom. The van der Waals surface area contributed by atoms with Crippen molar-refractivity contribution in [3.8, 4) is 5.75 Å². The van der Waals surface area contributed by atoms with Crippen molar-refractivity contribution in [3.05, 3.63) is 29.8 Å². The van der Waals surface area contributed by atoms with Gasteiger partial charge in [-0.05, 0) is 56.7 Å². The van der Waals surface area contributed by atoms with Crippen LogP contribution in [0.2, 0.25) is 0 Å². The Morgan fingerprint density at radius 2 is 1.89 bits per heavy atom. The molecule has 0 amide bonds. The number of benzene rings is 1. The lowest BCUT2D eigenvalue weighted by atomic mass is 10.2. The number of rotatable bonds is 6. The third-order valence-electron chi connectivity index (χ3n) is 3.80. The van der Waals surface area contributed by atoms with Crippen molar-refractivity contribution >= 4 is 0 Å². The second-order valence-electron chi connectivity index (χ2n) is 5.36. The second-order valence-corrected chi connectivity index (χ2v) is 5.36. The summed E-state index contributed by atoms with van der Waals surface area (Å²) >= 11 is 0. The molecule has 1 aromatic carbocycles. The van der Waals surface area contributed by atoms with Gasteiger partial charge in [-0.3, -0.25) is 0 Å². The largest absolute Gasteiger partial charge is 0.490 e. The molecule has 1 aliphatic carbocycles. The van der Waals surface area contributed by atoms with E-state index in [1.54, 1.807) is 0 Å². The van der Waals surface area contributed by atoms with Crippen molar-refractivity contribution in [2.24, 2.45) is 0 Å². The van der Waals surface area contributed by atoms with Crippen molar-refractivity contribution in [1.82, 2.24) is 5.32 Å². The Kier molecular flexibility index (Phi) is 5.06. The Hall–Kier alpha value is -1.02. The minimum atomic E-state index is 0.453. The van der Waals surface area contributed by atoms with E-state index >= 15 is 0 Å². The van der Waals surface area contributed by atoms with Gasteiger partial charge in [-0.15, -0.1) is 0 Å². The molecule has 0 spiro atoms. The highest BCUT2D eigenvalue weighted by molar-refractivity contribution is 5.27. The Bertz CT molecular complexity index is 341. The van der Waals surface area contributed by atoms with E-state index in [1.165, 1.54) is 37.7 Å². The summed E-state index contributed by atoms with van der Waals surface area (Å²) < 4.78 is 5.96. The lowest BCUT2D eigenvalue weighted by Gasteiger charge is -2.14. The number of hydrogen-bond donors (Lipinski definition) is 1. The van der Waals surface area contributed by atoms with E-state index in [9.17, 15) is 0 Å². The van der Waals surface area contributed by atoms with E-state index in [0.29, 0.717) is 12.1 Å². The van der Waals surface area contributed by atoms with Crippen LogP contribution in [0.4, 0.5) is 0 Å². The topological polar surface area (TPSA) is 21.3 Å². The molecule has 0 radical (unpaired) electrons. The minimum absolute atomic E-state index is 0.453. The summed E-state index contributed by atoms with van der Waals surface area (Å²) in [4.78, 5) is 0. The predicted molar refractivity (Wildman–Crippen MR) is 75.9 cm³/mol. The van der Waals surface area contributed by atoms with Crippen LogP contribution >= 0.6 is 0 Å². The Balaban J connectivity index is 1.81. The van der Waals surface area contributed by atoms with Gasteiger partial charge in [0.2, 0.25) is 0 Å². The van der Waals surface area contributed by atoms with Gasteiger partial charge in [0.1, 0.15) is 5.75 Å². The highest BCUT2D eigenvalue weighted by atomic mass is 16.5. The molecule has 18 heavy (non-hydrogen) atoms. The van der Waals surface area contributed by atoms with Gasteiger partial charge >= 0.3 is 0 Å². The summed E-state index contributed by atoms with van der Waals surface area (Å²) in [5.74, 6) is 1.02. The molecule has 1 aliphatic rings. The minimum Gasteiger partial charge on any atom is -0.490 e. The maximum Gasteiger partial charge on any atom is 0.119 e. The second kappa shape index (κ2) is 6.79. The first-order valence-electron chi connectivity index (χ1n) is 7.27. The summed E-state index contributed by atoms with van der Waals surface area (Å²) in [6, 6.07) is 9.12. The quantitative estimate of drug-likeness (QED) is 0.823. The van der Waals surface area contributed by atoms with E-state index in [-0.39, 0.29) is 0 Å². The van der Waals surface area contributed by atoms with Crippen LogP contribution in [0.5, 0.6) is 5.75 Å². The highest BCUT2D eigenvalue weighted by Crippen LogP contribution is 2.24. The van der Waals surface area contributed by atoms with Crippen molar-refractivity contribution in [2.45, 2.75) is 64.6 Å². The molecule has 2 rings (SSSR count). The SMILES string of the molecule is CC[C@@H](C)NCc1ccc(OC2CCCC2)cc1. The third kappa shape index (κ3) is 4.02. The summed E-state index contributed by atoms with van der Waals surface area (Å²) in [6.45, 7) is 5.37. The molecule has 2 nitrogen and oxygen atoms in total. The standard InChI is InChI=1S/C16H25NO/c1-3-13(2)17-12-14-8-10-16(11-9-14)18-15-6-4-5-7-15/h8-11,13,15,17H,3-7,12H2,1-2H3/t13-/m1/s1. The zero-order valence-electron chi connectivity index (χ0n) is 11.6. The molecule has 0 aliphatic heterocycles. The van der Waals surface area contributed by atoms with Crippen LogP contribution in [0.15, 0.2) is 24.3 Å². The molecule has 1 saturated carbocycles. The van der Waals surface area contributed by atoms with E-state index in [1.807, 2.05) is 0 Å². The zero-order chi connectivity index (χ0) is 12.8. The zero-order valence-corrected chi connectivity index (χ0v) is 11.6. The molecule has 0 unspecified atom stereocenters. The first-order valence-corrected chi connectivity index (χ1v) is 7.27. The fraction of sp³-hybridized carbons (Fsp3) is 0.625. The van der Waals surface area contributed by atoms with Gasteiger partial charge in [0.25, 0.3) is 0 Å². The van der Waals surface area contributed by atoms with Crippen molar-refractivity contribution in [2.75, 3.05) is 0 Å². The highest BCUT2D eigenvalue weighted by Gasteiger charge is 2.16. The molecule has 1 N–H and O–H groups in total. The first-order chi connectivity index (χ1) is 8.78. The maximum absolute atomic E-state index is 5.96. The van der Waals surface area contributed by atoms with E-state index in [4.69, 9.17) is 4.74 Å². The Labute approximate surface area is 111 Å². The molecular formula is C16H25NO. The molecule has 0 saturated heterocycles. The molecule has 100 valence electrons. The number of nitrogens with one attached hydrogen (secondary N) is 1. The lowest BCUT2D eigenvalue weighted by Crippen LogP contribution is -2.24. The maximum atomic E-state index is 5.96. The van der Waals surface area contributed by atoms with Crippen LogP contribution in [-0.2, 0) is 6.54 Å². The molecule has 1 aromatic rings. The third-order valence-corrected chi connectivity index (χ3v) is 3.80. The van der Waals surface area contributed by atoms with Crippen LogP contribution in [-0.4, -0.2) is 12.1 Å². The van der Waals surface area contributed by atoms with Gasteiger partial charge in [0.05, 0.1) is 6.10 Å². The van der Waals surface area contributed by atoms with Crippen molar-refractivity contribution in [1.29, 1.82) is 0 Å². The van der Waals surface area contributed by atoms with Gasteiger partial charge in [-0.2, -0.15) is 0 Å². The molecule has 0 bridgehead atoms. The van der Waals surface area contributed by atoms with Gasteiger partial charge < -0.3 is 10.1 Å². The van der Waals surface area contributed by atoms with Crippen LogP contribution in [0.25, 0.3) is 0 Å². The van der Waals surface area contributed by atoms with Crippen LogP contribution in [0, 0.1) is 0 Å². The lowest BCUT2D eigenvalue weighted by molar-refractivity contribution is 0.210. The Morgan fingerprint density at radius 1 is 1.22 bits per heavy atom. The van der Waals surface area contributed by atoms with E-state index in [2.05, 4.69) is 43.4 Å². The van der Waals surface area contributed by atoms with Crippen molar-refractivity contribution in [3.63, 3.8) is 0 Å². The average Bonchev–Trinajstić information content (AvgIpc) is 2.90. The van der Waals surface area contributed by atoms with E-state index in [0.717, 1.165) is 12.3 Å². The van der Waals surface area contributed by atoms with Crippen molar-refractivity contribution < 1.29 is 4.74 Å². The van der Waals surface area contributed by atoms with Gasteiger partial charge in [-0.25, -0.2) is 0 Å². The predicted octanol–water partition coefficient (Wildman–Crippen LogP) is 3.90. The number of ether oxygens (including phenoxy) is 1. The molecule has 1 fully saturated rings. The molecule has 0 heterocycles.